The summed E-state index contributed by atoms with van der Waals surface area (Å²) in [6.07, 6.45) is 7.54. The first kappa shape index (κ1) is 12.7. The molecule has 0 N–H and O–H groups in total. The Labute approximate surface area is 136 Å². The van der Waals surface area contributed by atoms with Crippen molar-refractivity contribution < 1.29 is 0 Å². The molecular weight excluding hydrogens is 302 g/mol. The van der Waals surface area contributed by atoms with Crippen LogP contribution >= 0.6 is 11.3 Å². The molecule has 0 fully saturated rings. The number of pyridine rings is 3. The number of fused-ring (bicyclic) bond motifs is 4. The predicted molar refractivity (Wildman–Crippen MR) is 95.7 cm³/mol. The number of thiophene rings is 1. The first-order valence-corrected chi connectivity index (χ1v) is 8.18. The zero-order chi connectivity index (χ0) is 15.2. The molecule has 0 atom stereocenters. The molecule has 0 bridgehead atoms. The minimum absolute atomic E-state index is 0.957. The fourth-order valence-corrected chi connectivity index (χ4v) is 4.02. The van der Waals surface area contributed by atoms with Crippen LogP contribution in [0.1, 0.15) is 0 Å². The van der Waals surface area contributed by atoms with Gasteiger partial charge in [0, 0.05) is 46.5 Å². The van der Waals surface area contributed by atoms with Gasteiger partial charge >= 0.3 is 0 Å². The minimum atomic E-state index is 0.957. The van der Waals surface area contributed by atoms with Gasteiger partial charge in [-0.1, -0.05) is 24.3 Å². The Kier molecular flexibility index (Phi) is 2.66. The van der Waals surface area contributed by atoms with E-state index < -0.39 is 0 Å². The molecule has 108 valence electrons. The van der Waals surface area contributed by atoms with Crippen LogP contribution in [0, 0.1) is 0 Å². The van der Waals surface area contributed by atoms with Gasteiger partial charge < -0.3 is 0 Å². The molecule has 0 aliphatic rings. The van der Waals surface area contributed by atoms with Crippen LogP contribution in [0.4, 0.5) is 0 Å². The van der Waals surface area contributed by atoms with Gasteiger partial charge in [-0.25, -0.2) is 0 Å². The van der Waals surface area contributed by atoms with Crippen LogP contribution in [0.15, 0.2) is 67.3 Å². The number of rotatable bonds is 1. The summed E-state index contributed by atoms with van der Waals surface area (Å²) < 4.78 is 2.38. The molecule has 0 amide bonds. The molecule has 0 saturated heterocycles. The highest BCUT2D eigenvalue weighted by Gasteiger charge is 2.10. The second-order valence-corrected chi connectivity index (χ2v) is 6.50. The summed E-state index contributed by atoms with van der Waals surface area (Å²) in [6, 6.07) is 14.5. The average molecular weight is 313 g/mol. The van der Waals surface area contributed by atoms with E-state index in [1.165, 1.54) is 20.2 Å². The van der Waals surface area contributed by atoms with E-state index in [0.717, 1.165) is 22.2 Å². The maximum absolute atomic E-state index is 4.67. The smallest absolute Gasteiger partial charge is 0.0795 e. The Hall–Kier alpha value is -2.85. The fraction of sp³-hybridized carbons (Fsp3) is 0. The molecule has 0 radical (unpaired) electrons. The van der Waals surface area contributed by atoms with E-state index in [1.807, 2.05) is 30.9 Å². The lowest BCUT2D eigenvalue weighted by molar-refractivity contribution is 1.35. The van der Waals surface area contributed by atoms with E-state index in [2.05, 4.69) is 51.4 Å². The second kappa shape index (κ2) is 4.83. The molecule has 1 aromatic carbocycles. The van der Waals surface area contributed by atoms with Crippen LogP contribution in [-0.4, -0.2) is 15.0 Å². The first-order chi connectivity index (χ1) is 11.4. The van der Waals surface area contributed by atoms with Crippen molar-refractivity contribution in [1.82, 2.24) is 15.0 Å². The van der Waals surface area contributed by atoms with Crippen molar-refractivity contribution in [2.45, 2.75) is 0 Å². The SMILES string of the molecule is c1cnc2c(-c3cc4c(cn3)sc3cnccc34)cccc2c1. The van der Waals surface area contributed by atoms with Crippen molar-refractivity contribution in [2.75, 3.05) is 0 Å². The summed E-state index contributed by atoms with van der Waals surface area (Å²) in [6.45, 7) is 0. The molecular formula is C19H11N3S. The van der Waals surface area contributed by atoms with Crippen molar-refractivity contribution >= 4 is 42.4 Å². The van der Waals surface area contributed by atoms with Crippen LogP contribution in [-0.2, 0) is 0 Å². The van der Waals surface area contributed by atoms with Gasteiger partial charge in [0.25, 0.3) is 0 Å². The molecule has 4 heterocycles. The molecule has 0 unspecified atom stereocenters. The second-order valence-electron chi connectivity index (χ2n) is 5.42. The molecule has 5 rings (SSSR count). The molecule has 0 aliphatic heterocycles. The number of hydrogen-bond donors (Lipinski definition) is 0. The number of nitrogens with zero attached hydrogens (tertiary/aromatic N) is 3. The van der Waals surface area contributed by atoms with Gasteiger partial charge in [-0.3, -0.25) is 15.0 Å². The Morgan fingerprint density at radius 1 is 0.783 bits per heavy atom. The van der Waals surface area contributed by atoms with Crippen LogP contribution in [0.5, 0.6) is 0 Å². The number of aromatic nitrogens is 3. The highest BCUT2D eigenvalue weighted by Crippen LogP contribution is 2.35. The third-order valence-electron chi connectivity index (χ3n) is 4.07. The van der Waals surface area contributed by atoms with Gasteiger partial charge in [-0.05, 0) is 18.2 Å². The Morgan fingerprint density at radius 3 is 2.70 bits per heavy atom. The quantitative estimate of drug-likeness (QED) is 0.434. The van der Waals surface area contributed by atoms with E-state index in [0.29, 0.717) is 0 Å². The van der Waals surface area contributed by atoms with E-state index >= 15 is 0 Å². The summed E-state index contributed by atoms with van der Waals surface area (Å²) in [5.74, 6) is 0. The fourth-order valence-electron chi connectivity index (χ4n) is 3.00. The Balaban J connectivity index is 1.84. The largest absolute Gasteiger partial charge is 0.263 e. The van der Waals surface area contributed by atoms with Crippen LogP contribution in [0.3, 0.4) is 0 Å². The van der Waals surface area contributed by atoms with E-state index in [9.17, 15) is 0 Å². The maximum atomic E-state index is 4.67. The molecule has 0 saturated carbocycles. The molecule has 4 aromatic heterocycles. The molecule has 0 aliphatic carbocycles. The van der Waals surface area contributed by atoms with Crippen molar-refractivity contribution in [3.05, 3.63) is 67.3 Å². The van der Waals surface area contributed by atoms with Crippen LogP contribution < -0.4 is 0 Å². The van der Waals surface area contributed by atoms with E-state index in [4.69, 9.17) is 0 Å². The topological polar surface area (TPSA) is 38.7 Å². The molecule has 23 heavy (non-hydrogen) atoms. The van der Waals surface area contributed by atoms with Crippen molar-refractivity contribution in [3.63, 3.8) is 0 Å². The van der Waals surface area contributed by atoms with Gasteiger partial charge in [-0.2, -0.15) is 0 Å². The van der Waals surface area contributed by atoms with Gasteiger partial charge in [0.05, 0.1) is 20.6 Å². The Morgan fingerprint density at radius 2 is 1.70 bits per heavy atom. The highest BCUT2D eigenvalue weighted by molar-refractivity contribution is 7.25. The van der Waals surface area contributed by atoms with Gasteiger partial charge in [0.15, 0.2) is 0 Å². The summed E-state index contributed by atoms with van der Waals surface area (Å²) in [4.78, 5) is 13.4. The summed E-state index contributed by atoms with van der Waals surface area (Å²) in [5.41, 5.74) is 3.01. The third-order valence-corrected chi connectivity index (χ3v) is 5.16. The van der Waals surface area contributed by atoms with E-state index in [-0.39, 0.29) is 0 Å². The lowest BCUT2D eigenvalue weighted by Gasteiger charge is -2.05. The zero-order valence-electron chi connectivity index (χ0n) is 12.1. The molecule has 5 aromatic rings. The molecule has 4 heteroatoms. The van der Waals surface area contributed by atoms with Gasteiger partial charge in [-0.15, -0.1) is 11.3 Å². The lowest BCUT2D eigenvalue weighted by Crippen LogP contribution is -1.87. The third kappa shape index (κ3) is 1.92. The number of para-hydroxylation sites is 1. The zero-order valence-corrected chi connectivity index (χ0v) is 12.9. The van der Waals surface area contributed by atoms with Gasteiger partial charge in [0.2, 0.25) is 0 Å². The van der Waals surface area contributed by atoms with Gasteiger partial charge in [0.1, 0.15) is 0 Å². The standard InChI is InChI=1S/C19H11N3S/c1-3-12-4-2-7-21-19(12)14(5-1)16-9-15-13-6-8-20-10-17(13)23-18(15)11-22-16/h1-11H. The number of benzene rings is 1. The summed E-state index contributed by atoms with van der Waals surface area (Å²) >= 11 is 1.73. The molecule has 3 nitrogen and oxygen atoms in total. The van der Waals surface area contributed by atoms with Crippen LogP contribution in [0.25, 0.3) is 42.3 Å². The first-order valence-electron chi connectivity index (χ1n) is 7.36. The van der Waals surface area contributed by atoms with E-state index in [1.54, 1.807) is 11.3 Å². The monoisotopic (exact) mass is 313 g/mol. The minimum Gasteiger partial charge on any atom is -0.263 e. The number of hydrogen-bond acceptors (Lipinski definition) is 4. The normalized spacial score (nSPS) is 11.5. The lowest BCUT2D eigenvalue weighted by atomic mass is 10.0. The Bertz CT molecular complexity index is 1170. The average Bonchev–Trinajstić information content (AvgIpc) is 2.99. The molecule has 0 spiro atoms. The van der Waals surface area contributed by atoms with Crippen LogP contribution in [0.2, 0.25) is 0 Å². The van der Waals surface area contributed by atoms with Crippen molar-refractivity contribution in [3.8, 4) is 11.3 Å². The van der Waals surface area contributed by atoms with Crippen molar-refractivity contribution in [1.29, 1.82) is 0 Å². The highest BCUT2D eigenvalue weighted by atomic mass is 32.1. The summed E-state index contributed by atoms with van der Waals surface area (Å²) in [7, 11) is 0. The maximum Gasteiger partial charge on any atom is 0.0795 e. The predicted octanol–water partition coefficient (Wildman–Crippen LogP) is 5.06. The summed E-state index contributed by atoms with van der Waals surface area (Å²) in [5, 5.41) is 3.59. The van der Waals surface area contributed by atoms with Crippen molar-refractivity contribution in [2.24, 2.45) is 0 Å².